The Labute approximate surface area is 108 Å². The average Bonchev–Trinajstić information content (AvgIpc) is 2.39. The fourth-order valence-electron chi connectivity index (χ4n) is 1.63. The number of ether oxygens (including phenoxy) is 1. The molecule has 4 nitrogen and oxygen atoms in total. The van der Waals surface area contributed by atoms with E-state index < -0.39 is 6.09 Å². The molecule has 0 aliphatic heterocycles. The standard InChI is InChI=1S/C14H21NO3/c1-2-3-4-5-12-6-8-13(9-7-12)15-14(17)18-11-10-16/h6-9,16H,2-5,10-11H2,1H3,(H,15,17). The third-order valence-corrected chi connectivity index (χ3v) is 2.59. The molecule has 1 aromatic carbocycles. The number of aryl methyl sites for hydroxylation is 1. The molecule has 0 aliphatic carbocycles. The minimum absolute atomic E-state index is 0.0148. The van der Waals surface area contributed by atoms with Gasteiger partial charge in [-0.2, -0.15) is 0 Å². The van der Waals surface area contributed by atoms with Crippen LogP contribution in [-0.4, -0.2) is 24.4 Å². The Morgan fingerprint density at radius 2 is 2.00 bits per heavy atom. The molecule has 18 heavy (non-hydrogen) atoms. The number of benzene rings is 1. The Bertz CT molecular complexity index is 349. The van der Waals surface area contributed by atoms with Gasteiger partial charge in [-0.15, -0.1) is 0 Å². The summed E-state index contributed by atoms with van der Waals surface area (Å²) in [7, 11) is 0. The van der Waals surface area contributed by atoms with Crippen LogP contribution in [-0.2, 0) is 11.2 Å². The van der Waals surface area contributed by atoms with Crippen molar-refractivity contribution < 1.29 is 14.6 Å². The fraction of sp³-hybridized carbons (Fsp3) is 0.500. The molecule has 0 spiro atoms. The number of nitrogens with one attached hydrogen (secondary N) is 1. The molecule has 1 rings (SSSR count). The maximum Gasteiger partial charge on any atom is 0.411 e. The first-order chi connectivity index (χ1) is 8.76. The van der Waals surface area contributed by atoms with E-state index in [1.165, 1.54) is 24.8 Å². The molecule has 1 aromatic rings. The van der Waals surface area contributed by atoms with Gasteiger partial charge in [-0.3, -0.25) is 5.32 Å². The molecule has 0 aliphatic rings. The highest BCUT2D eigenvalue weighted by Crippen LogP contribution is 2.12. The normalized spacial score (nSPS) is 10.1. The van der Waals surface area contributed by atoms with Crippen molar-refractivity contribution in [3.8, 4) is 0 Å². The molecule has 4 heteroatoms. The monoisotopic (exact) mass is 251 g/mol. The first kappa shape index (κ1) is 14.5. The van der Waals surface area contributed by atoms with E-state index in [-0.39, 0.29) is 13.2 Å². The summed E-state index contributed by atoms with van der Waals surface area (Å²) in [4.78, 5) is 11.2. The molecule has 0 heterocycles. The number of aliphatic hydroxyl groups is 1. The molecular formula is C14H21NO3. The number of anilines is 1. The number of carbonyl (C=O) groups is 1. The van der Waals surface area contributed by atoms with Crippen molar-refractivity contribution in [3.63, 3.8) is 0 Å². The molecule has 100 valence electrons. The summed E-state index contributed by atoms with van der Waals surface area (Å²) in [6.07, 6.45) is 4.19. The van der Waals surface area contributed by atoms with Crippen molar-refractivity contribution in [2.24, 2.45) is 0 Å². The van der Waals surface area contributed by atoms with Gasteiger partial charge in [-0.05, 0) is 30.5 Å². The van der Waals surface area contributed by atoms with Crippen molar-refractivity contribution in [1.29, 1.82) is 0 Å². The van der Waals surface area contributed by atoms with Gasteiger partial charge in [0.1, 0.15) is 6.61 Å². The highest BCUT2D eigenvalue weighted by Gasteiger charge is 2.02. The van der Waals surface area contributed by atoms with Crippen LogP contribution in [0.4, 0.5) is 10.5 Å². The van der Waals surface area contributed by atoms with Gasteiger partial charge in [0.2, 0.25) is 0 Å². The smallest absolute Gasteiger partial charge is 0.411 e. The number of rotatable bonds is 7. The minimum atomic E-state index is -0.539. The van der Waals surface area contributed by atoms with Gasteiger partial charge < -0.3 is 9.84 Å². The lowest BCUT2D eigenvalue weighted by Gasteiger charge is -2.06. The summed E-state index contributed by atoms with van der Waals surface area (Å²) in [5, 5.41) is 11.1. The topological polar surface area (TPSA) is 58.6 Å². The van der Waals surface area contributed by atoms with Gasteiger partial charge in [0.25, 0.3) is 0 Å². The average molecular weight is 251 g/mol. The molecule has 0 bridgehead atoms. The van der Waals surface area contributed by atoms with E-state index >= 15 is 0 Å². The maximum atomic E-state index is 11.2. The first-order valence-corrected chi connectivity index (χ1v) is 6.40. The van der Waals surface area contributed by atoms with Crippen LogP contribution in [0, 0.1) is 0 Å². The number of hydrogen-bond acceptors (Lipinski definition) is 3. The van der Waals surface area contributed by atoms with E-state index in [9.17, 15) is 4.79 Å². The molecule has 0 saturated heterocycles. The van der Waals surface area contributed by atoms with Crippen LogP contribution in [0.25, 0.3) is 0 Å². The Balaban J connectivity index is 2.37. The summed E-state index contributed by atoms with van der Waals surface area (Å²) < 4.78 is 4.70. The van der Waals surface area contributed by atoms with Crippen LogP contribution in [0.5, 0.6) is 0 Å². The van der Waals surface area contributed by atoms with E-state index in [4.69, 9.17) is 9.84 Å². The second-order valence-corrected chi connectivity index (χ2v) is 4.14. The molecule has 0 atom stereocenters. The highest BCUT2D eigenvalue weighted by molar-refractivity contribution is 5.84. The Morgan fingerprint density at radius 1 is 1.28 bits per heavy atom. The second kappa shape index (κ2) is 8.53. The molecule has 0 fully saturated rings. The summed E-state index contributed by atoms with van der Waals surface area (Å²) in [6.45, 7) is 2.04. The van der Waals surface area contributed by atoms with Crippen LogP contribution in [0.3, 0.4) is 0 Å². The van der Waals surface area contributed by atoms with Crippen LogP contribution in [0.1, 0.15) is 31.7 Å². The molecule has 1 amide bonds. The summed E-state index contributed by atoms with van der Waals surface area (Å²) in [6, 6.07) is 7.75. The minimum Gasteiger partial charge on any atom is -0.447 e. The van der Waals surface area contributed by atoms with Crippen molar-refractivity contribution in [1.82, 2.24) is 0 Å². The van der Waals surface area contributed by atoms with E-state index in [1.54, 1.807) is 0 Å². The van der Waals surface area contributed by atoms with Gasteiger partial charge in [0, 0.05) is 5.69 Å². The van der Waals surface area contributed by atoms with Crippen LogP contribution >= 0.6 is 0 Å². The lowest BCUT2D eigenvalue weighted by atomic mass is 10.1. The van der Waals surface area contributed by atoms with E-state index in [0.29, 0.717) is 5.69 Å². The number of hydrogen-bond donors (Lipinski definition) is 2. The van der Waals surface area contributed by atoms with Gasteiger partial charge >= 0.3 is 6.09 Å². The van der Waals surface area contributed by atoms with Gasteiger partial charge in [0.05, 0.1) is 6.61 Å². The number of unbranched alkanes of at least 4 members (excludes halogenated alkanes) is 2. The molecular weight excluding hydrogens is 230 g/mol. The Kier molecular flexibility index (Phi) is 6.87. The molecule has 0 saturated carbocycles. The lowest BCUT2D eigenvalue weighted by molar-refractivity contribution is 0.131. The molecule has 0 aromatic heterocycles. The van der Waals surface area contributed by atoms with E-state index in [1.807, 2.05) is 24.3 Å². The van der Waals surface area contributed by atoms with Crippen molar-refractivity contribution in [2.45, 2.75) is 32.6 Å². The lowest BCUT2D eigenvalue weighted by Crippen LogP contribution is -2.15. The number of aliphatic hydroxyl groups excluding tert-OH is 1. The van der Waals surface area contributed by atoms with Crippen molar-refractivity contribution >= 4 is 11.8 Å². The molecule has 0 radical (unpaired) electrons. The SMILES string of the molecule is CCCCCc1ccc(NC(=O)OCCO)cc1. The maximum absolute atomic E-state index is 11.2. The van der Waals surface area contributed by atoms with Crippen LogP contribution in [0.15, 0.2) is 24.3 Å². The zero-order valence-electron chi connectivity index (χ0n) is 10.8. The predicted molar refractivity (Wildman–Crippen MR) is 71.7 cm³/mol. The zero-order valence-corrected chi connectivity index (χ0v) is 10.8. The largest absolute Gasteiger partial charge is 0.447 e. The first-order valence-electron chi connectivity index (χ1n) is 6.40. The third-order valence-electron chi connectivity index (χ3n) is 2.59. The van der Waals surface area contributed by atoms with Gasteiger partial charge in [0.15, 0.2) is 0 Å². The van der Waals surface area contributed by atoms with Gasteiger partial charge in [-0.1, -0.05) is 31.9 Å². The van der Waals surface area contributed by atoms with Gasteiger partial charge in [-0.25, -0.2) is 4.79 Å². The third kappa shape index (κ3) is 5.68. The Morgan fingerprint density at radius 3 is 2.61 bits per heavy atom. The van der Waals surface area contributed by atoms with Crippen molar-refractivity contribution in [2.75, 3.05) is 18.5 Å². The van der Waals surface area contributed by atoms with Crippen LogP contribution in [0.2, 0.25) is 0 Å². The van der Waals surface area contributed by atoms with E-state index in [2.05, 4.69) is 12.2 Å². The number of carbonyl (C=O) groups excluding carboxylic acids is 1. The molecule has 2 N–H and O–H groups in total. The predicted octanol–water partition coefficient (Wildman–Crippen LogP) is 2.96. The quantitative estimate of drug-likeness (QED) is 0.732. The fourth-order valence-corrected chi connectivity index (χ4v) is 1.63. The molecule has 0 unspecified atom stereocenters. The van der Waals surface area contributed by atoms with E-state index in [0.717, 1.165) is 6.42 Å². The number of amides is 1. The highest BCUT2D eigenvalue weighted by atomic mass is 16.6. The summed E-state index contributed by atoms with van der Waals surface area (Å²) >= 11 is 0. The Hall–Kier alpha value is -1.55. The summed E-state index contributed by atoms with van der Waals surface area (Å²) in [5.41, 5.74) is 1.98. The second-order valence-electron chi connectivity index (χ2n) is 4.14. The zero-order chi connectivity index (χ0) is 13.2. The summed E-state index contributed by atoms with van der Waals surface area (Å²) in [5.74, 6) is 0. The van der Waals surface area contributed by atoms with Crippen LogP contribution < -0.4 is 5.32 Å². The van der Waals surface area contributed by atoms with Crippen molar-refractivity contribution in [3.05, 3.63) is 29.8 Å².